The van der Waals surface area contributed by atoms with Crippen LogP contribution in [0, 0.1) is 5.92 Å². The molecule has 5 heteroatoms. The first kappa shape index (κ1) is 15.3. The summed E-state index contributed by atoms with van der Waals surface area (Å²) < 4.78 is 5.66. The number of ether oxygens (including phenoxy) is 1. The van der Waals surface area contributed by atoms with E-state index in [1.165, 1.54) is 4.90 Å². The van der Waals surface area contributed by atoms with Gasteiger partial charge in [0.1, 0.15) is 5.75 Å². The minimum Gasteiger partial charge on any atom is -0.491 e. The van der Waals surface area contributed by atoms with E-state index in [2.05, 4.69) is 19.2 Å². The molecule has 0 bridgehead atoms. The highest BCUT2D eigenvalue weighted by Crippen LogP contribution is 2.24. The number of hydrogen-bond donors (Lipinski definition) is 2. The van der Waals surface area contributed by atoms with Gasteiger partial charge in [0.25, 0.3) is 0 Å². The molecule has 1 aromatic rings. The summed E-state index contributed by atoms with van der Waals surface area (Å²) in [4.78, 5) is 13.3. The Kier molecular flexibility index (Phi) is 6.15. The SMILES string of the molecule is CC(C)COc1ccccc1NC(=O)N(C)CCO. The maximum Gasteiger partial charge on any atom is 0.321 e. The molecule has 0 aliphatic heterocycles. The third kappa shape index (κ3) is 5.18. The largest absolute Gasteiger partial charge is 0.491 e. The van der Waals surface area contributed by atoms with Gasteiger partial charge in [-0.2, -0.15) is 0 Å². The molecule has 0 aliphatic carbocycles. The van der Waals surface area contributed by atoms with Crippen LogP contribution in [0.4, 0.5) is 10.5 Å². The van der Waals surface area contributed by atoms with Crippen LogP contribution in [0.1, 0.15) is 13.8 Å². The minimum atomic E-state index is -0.269. The van der Waals surface area contributed by atoms with Crippen LogP contribution >= 0.6 is 0 Å². The number of carbonyl (C=O) groups excluding carboxylic acids is 1. The molecule has 0 unspecified atom stereocenters. The average Bonchev–Trinajstić information content (AvgIpc) is 2.37. The molecule has 1 rings (SSSR count). The second-order valence-electron chi connectivity index (χ2n) is 4.78. The van der Waals surface area contributed by atoms with Gasteiger partial charge >= 0.3 is 6.03 Å². The Morgan fingerprint density at radius 1 is 1.42 bits per heavy atom. The van der Waals surface area contributed by atoms with Crippen LogP contribution in [-0.4, -0.2) is 42.8 Å². The molecule has 0 heterocycles. The Bertz CT molecular complexity index is 407. The lowest BCUT2D eigenvalue weighted by atomic mass is 10.2. The average molecular weight is 266 g/mol. The maximum atomic E-state index is 11.8. The first-order chi connectivity index (χ1) is 9.04. The Morgan fingerprint density at radius 3 is 2.74 bits per heavy atom. The van der Waals surface area contributed by atoms with E-state index in [9.17, 15) is 4.79 Å². The van der Waals surface area contributed by atoms with Crippen LogP contribution in [-0.2, 0) is 0 Å². The monoisotopic (exact) mass is 266 g/mol. The lowest BCUT2D eigenvalue weighted by Gasteiger charge is -2.18. The van der Waals surface area contributed by atoms with E-state index in [0.717, 1.165) is 0 Å². The number of carbonyl (C=O) groups is 1. The van der Waals surface area contributed by atoms with E-state index in [4.69, 9.17) is 9.84 Å². The number of benzene rings is 1. The molecular formula is C14H22N2O3. The summed E-state index contributed by atoms with van der Waals surface area (Å²) in [5.41, 5.74) is 0.637. The predicted octanol–water partition coefficient (Wildman–Crippen LogP) is 2.18. The summed E-state index contributed by atoms with van der Waals surface area (Å²) in [6.45, 7) is 4.96. The van der Waals surface area contributed by atoms with Crippen molar-refractivity contribution in [2.45, 2.75) is 13.8 Å². The van der Waals surface area contributed by atoms with Crippen molar-refractivity contribution in [3.63, 3.8) is 0 Å². The lowest BCUT2D eigenvalue weighted by molar-refractivity contribution is 0.202. The number of likely N-dealkylation sites (N-methyl/N-ethyl adjacent to an activating group) is 1. The predicted molar refractivity (Wildman–Crippen MR) is 75.5 cm³/mol. The van der Waals surface area contributed by atoms with Crippen molar-refractivity contribution in [1.29, 1.82) is 0 Å². The number of urea groups is 1. The van der Waals surface area contributed by atoms with E-state index >= 15 is 0 Å². The molecule has 0 saturated heterocycles. The first-order valence-corrected chi connectivity index (χ1v) is 6.39. The van der Waals surface area contributed by atoms with Crippen molar-refractivity contribution in [3.8, 4) is 5.75 Å². The van der Waals surface area contributed by atoms with Gasteiger partial charge in [0.15, 0.2) is 0 Å². The molecule has 19 heavy (non-hydrogen) atoms. The van der Waals surface area contributed by atoms with Crippen molar-refractivity contribution >= 4 is 11.7 Å². The molecular weight excluding hydrogens is 244 g/mol. The van der Waals surface area contributed by atoms with Crippen LogP contribution in [0.2, 0.25) is 0 Å². The summed E-state index contributed by atoms with van der Waals surface area (Å²) in [7, 11) is 1.63. The fourth-order valence-electron chi connectivity index (χ4n) is 1.41. The van der Waals surface area contributed by atoms with Crippen LogP contribution < -0.4 is 10.1 Å². The van der Waals surface area contributed by atoms with Crippen molar-refractivity contribution < 1.29 is 14.6 Å². The van der Waals surface area contributed by atoms with Crippen LogP contribution in [0.3, 0.4) is 0 Å². The highest BCUT2D eigenvalue weighted by molar-refractivity contribution is 5.90. The summed E-state index contributed by atoms with van der Waals surface area (Å²) in [5, 5.41) is 11.6. The van der Waals surface area contributed by atoms with Gasteiger partial charge in [-0.15, -0.1) is 0 Å². The quantitative estimate of drug-likeness (QED) is 0.829. The van der Waals surface area contributed by atoms with E-state index < -0.39 is 0 Å². The Morgan fingerprint density at radius 2 is 2.11 bits per heavy atom. The Hall–Kier alpha value is -1.75. The molecule has 1 aromatic carbocycles. The molecule has 2 N–H and O–H groups in total. The number of hydrogen-bond acceptors (Lipinski definition) is 3. The van der Waals surface area contributed by atoms with Crippen molar-refractivity contribution in [3.05, 3.63) is 24.3 Å². The molecule has 0 aromatic heterocycles. The Balaban J connectivity index is 2.69. The van der Waals surface area contributed by atoms with Crippen LogP contribution in [0.5, 0.6) is 5.75 Å². The number of nitrogens with zero attached hydrogens (tertiary/aromatic N) is 1. The summed E-state index contributed by atoms with van der Waals surface area (Å²) in [6.07, 6.45) is 0. The molecule has 2 amide bonds. The second-order valence-corrected chi connectivity index (χ2v) is 4.78. The lowest BCUT2D eigenvalue weighted by Crippen LogP contribution is -2.33. The molecule has 0 saturated carbocycles. The smallest absolute Gasteiger partial charge is 0.321 e. The van der Waals surface area contributed by atoms with Gasteiger partial charge in [-0.05, 0) is 18.1 Å². The van der Waals surface area contributed by atoms with E-state index in [-0.39, 0.29) is 12.6 Å². The normalized spacial score (nSPS) is 10.4. The topological polar surface area (TPSA) is 61.8 Å². The molecule has 106 valence electrons. The van der Waals surface area contributed by atoms with E-state index in [0.29, 0.717) is 30.5 Å². The number of aliphatic hydroxyl groups excluding tert-OH is 1. The summed E-state index contributed by atoms with van der Waals surface area (Å²) in [6, 6.07) is 7.05. The zero-order chi connectivity index (χ0) is 14.3. The molecule has 0 radical (unpaired) electrons. The maximum absolute atomic E-state index is 11.8. The van der Waals surface area contributed by atoms with Crippen LogP contribution in [0.25, 0.3) is 0 Å². The summed E-state index contributed by atoms with van der Waals surface area (Å²) >= 11 is 0. The van der Waals surface area contributed by atoms with Gasteiger partial charge in [0.05, 0.1) is 18.9 Å². The zero-order valence-corrected chi connectivity index (χ0v) is 11.7. The number of amides is 2. The highest BCUT2D eigenvalue weighted by Gasteiger charge is 2.11. The van der Waals surface area contributed by atoms with Gasteiger partial charge in [0.2, 0.25) is 0 Å². The number of rotatable bonds is 6. The van der Waals surface area contributed by atoms with Crippen molar-refractivity contribution in [2.75, 3.05) is 32.1 Å². The molecule has 0 atom stereocenters. The number of para-hydroxylation sites is 2. The molecule has 0 fully saturated rings. The Labute approximate surface area is 114 Å². The fraction of sp³-hybridized carbons (Fsp3) is 0.500. The first-order valence-electron chi connectivity index (χ1n) is 6.39. The van der Waals surface area contributed by atoms with Crippen LogP contribution in [0.15, 0.2) is 24.3 Å². The van der Waals surface area contributed by atoms with E-state index in [1.807, 2.05) is 18.2 Å². The number of nitrogens with one attached hydrogen (secondary N) is 1. The van der Waals surface area contributed by atoms with Gasteiger partial charge in [-0.3, -0.25) is 0 Å². The molecule has 0 spiro atoms. The third-order valence-corrected chi connectivity index (χ3v) is 2.48. The number of aliphatic hydroxyl groups is 1. The van der Waals surface area contributed by atoms with Gasteiger partial charge < -0.3 is 20.1 Å². The molecule has 5 nitrogen and oxygen atoms in total. The van der Waals surface area contributed by atoms with Gasteiger partial charge in [0, 0.05) is 13.6 Å². The zero-order valence-electron chi connectivity index (χ0n) is 11.7. The highest BCUT2D eigenvalue weighted by atomic mass is 16.5. The second kappa shape index (κ2) is 7.63. The van der Waals surface area contributed by atoms with Gasteiger partial charge in [-0.25, -0.2) is 4.79 Å². The third-order valence-electron chi connectivity index (χ3n) is 2.48. The summed E-state index contributed by atoms with van der Waals surface area (Å²) in [5.74, 6) is 1.07. The van der Waals surface area contributed by atoms with Crippen molar-refractivity contribution in [1.82, 2.24) is 4.90 Å². The number of anilines is 1. The molecule has 0 aliphatic rings. The standard InChI is InChI=1S/C14H22N2O3/c1-11(2)10-19-13-7-5-4-6-12(13)15-14(18)16(3)8-9-17/h4-7,11,17H,8-10H2,1-3H3,(H,15,18). The minimum absolute atomic E-state index is 0.0601. The van der Waals surface area contributed by atoms with E-state index in [1.54, 1.807) is 13.1 Å². The van der Waals surface area contributed by atoms with Crippen molar-refractivity contribution in [2.24, 2.45) is 5.92 Å². The van der Waals surface area contributed by atoms with Gasteiger partial charge in [-0.1, -0.05) is 26.0 Å². The fourth-order valence-corrected chi connectivity index (χ4v) is 1.41.